The quantitative estimate of drug-likeness (QED) is 0.510. The molecule has 0 bridgehead atoms. The fourth-order valence-electron chi connectivity index (χ4n) is 3.20. The first-order valence-electron chi connectivity index (χ1n) is 9.21. The molecular formula is C22H19N3O4S. The molecule has 152 valence electrons. The first-order valence-corrected chi connectivity index (χ1v) is 10.8. The summed E-state index contributed by atoms with van der Waals surface area (Å²) in [4.78, 5) is 12.8. The summed E-state index contributed by atoms with van der Waals surface area (Å²) in [5, 5.41) is 12.9. The van der Waals surface area contributed by atoms with E-state index in [4.69, 9.17) is 9.66 Å². The van der Waals surface area contributed by atoms with E-state index in [-0.39, 0.29) is 10.8 Å². The monoisotopic (exact) mass is 421 g/mol. The lowest BCUT2D eigenvalue weighted by Gasteiger charge is -2.15. The van der Waals surface area contributed by atoms with Gasteiger partial charge < -0.3 is 9.84 Å². The number of primary sulfonamides is 1. The highest BCUT2D eigenvalue weighted by molar-refractivity contribution is 7.89. The van der Waals surface area contributed by atoms with E-state index in [1.54, 1.807) is 37.3 Å². The maximum atomic E-state index is 12.8. The summed E-state index contributed by atoms with van der Waals surface area (Å²) in [5.74, 6) is 0.291. The number of hydrogen-bond acceptors (Lipinski definition) is 5. The molecule has 7 nitrogen and oxygen atoms in total. The van der Waals surface area contributed by atoms with E-state index >= 15 is 0 Å². The molecule has 1 unspecified atom stereocenters. The fourth-order valence-corrected chi connectivity index (χ4v) is 3.77. The van der Waals surface area contributed by atoms with Crippen molar-refractivity contribution in [3.8, 4) is 11.3 Å². The Hall–Kier alpha value is -3.49. The molecule has 0 aliphatic heterocycles. The van der Waals surface area contributed by atoms with Crippen molar-refractivity contribution in [2.24, 2.45) is 5.14 Å². The summed E-state index contributed by atoms with van der Waals surface area (Å²) in [7, 11) is -3.82. The third-order valence-corrected chi connectivity index (χ3v) is 5.72. The minimum absolute atomic E-state index is 0.000469. The molecule has 0 saturated carbocycles. The summed E-state index contributed by atoms with van der Waals surface area (Å²) in [6.07, 6.45) is 0. The van der Waals surface area contributed by atoms with Gasteiger partial charge in [-0.2, -0.15) is 0 Å². The first-order chi connectivity index (χ1) is 14.3. The van der Waals surface area contributed by atoms with E-state index in [0.717, 1.165) is 10.9 Å². The van der Waals surface area contributed by atoms with Gasteiger partial charge in [-0.3, -0.25) is 4.79 Å². The van der Waals surface area contributed by atoms with Crippen LogP contribution in [0.4, 0.5) is 0 Å². The number of nitrogens with two attached hydrogens (primary N) is 1. The SMILES string of the molecule is CC(NC(=O)c1ccc2noc(-c3ccccc3)c2c1)c1cccc(S(N)(=O)=O)c1. The van der Waals surface area contributed by atoms with Crippen LogP contribution in [0.3, 0.4) is 0 Å². The molecule has 3 N–H and O–H groups in total. The van der Waals surface area contributed by atoms with Crippen LogP contribution in [-0.4, -0.2) is 19.5 Å². The number of sulfonamides is 1. The zero-order valence-corrected chi connectivity index (χ0v) is 16.9. The van der Waals surface area contributed by atoms with Crippen LogP contribution in [-0.2, 0) is 10.0 Å². The maximum Gasteiger partial charge on any atom is 0.251 e. The molecule has 1 heterocycles. The number of carbonyl (C=O) groups excluding carboxylic acids is 1. The van der Waals surface area contributed by atoms with Crippen LogP contribution in [0.1, 0.15) is 28.9 Å². The Labute approximate surface area is 173 Å². The molecule has 30 heavy (non-hydrogen) atoms. The van der Waals surface area contributed by atoms with Gasteiger partial charge in [-0.15, -0.1) is 0 Å². The van der Waals surface area contributed by atoms with Crippen LogP contribution < -0.4 is 10.5 Å². The van der Waals surface area contributed by atoms with Gasteiger partial charge in [0.05, 0.1) is 16.3 Å². The maximum absolute atomic E-state index is 12.8. The number of rotatable bonds is 5. The van der Waals surface area contributed by atoms with Gasteiger partial charge in [-0.25, -0.2) is 13.6 Å². The smallest absolute Gasteiger partial charge is 0.251 e. The average Bonchev–Trinajstić information content (AvgIpc) is 3.17. The summed E-state index contributed by atoms with van der Waals surface area (Å²) in [5.41, 5.74) is 2.59. The minimum atomic E-state index is -3.82. The number of aromatic nitrogens is 1. The van der Waals surface area contributed by atoms with Gasteiger partial charge in [0.2, 0.25) is 10.0 Å². The molecule has 0 spiro atoms. The number of carbonyl (C=O) groups is 1. The Morgan fingerprint density at radius 2 is 1.80 bits per heavy atom. The molecule has 1 aromatic heterocycles. The summed E-state index contributed by atoms with van der Waals surface area (Å²) in [6.45, 7) is 1.77. The van der Waals surface area contributed by atoms with Crippen molar-refractivity contribution in [1.29, 1.82) is 0 Å². The second-order valence-corrected chi connectivity index (χ2v) is 8.48. The average molecular weight is 421 g/mol. The molecule has 0 saturated heterocycles. The van der Waals surface area contributed by atoms with E-state index < -0.39 is 16.1 Å². The third kappa shape index (κ3) is 3.96. The van der Waals surface area contributed by atoms with Crippen LogP contribution in [0.2, 0.25) is 0 Å². The highest BCUT2D eigenvalue weighted by Gasteiger charge is 2.17. The lowest BCUT2D eigenvalue weighted by molar-refractivity contribution is 0.0940. The van der Waals surface area contributed by atoms with Crippen molar-refractivity contribution in [3.63, 3.8) is 0 Å². The normalized spacial score (nSPS) is 12.6. The van der Waals surface area contributed by atoms with Crippen molar-refractivity contribution in [1.82, 2.24) is 10.5 Å². The van der Waals surface area contributed by atoms with E-state index in [2.05, 4.69) is 10.5 Å². The van der Waals surface area contributed by atoms with Crippen molar-refractivity contribution >= 4 is 26.8 Å². The Bertz CT molecular complexity index is 1330. The Kier molecular flexibility index (Phi) is 5.11. The minimum Gasteiger partial charge on any atom is -0.355 e. The largest absolute Gasteiger partial charge is 0.355 e. The summed E-state index contributed by atoms with van der Waals surface area (Å²) in [6, 6.07) is 20.4. The molecule has 8 heteroatoms. The molecule has 1 amide bonds. The molecule has 0 aliphatic carbocycles. The second-order valence-electron chi connectivity index (χ2n) is 6.92. The highest BCUT2D eigenvalue weighted by atomic mass is 32.2. The van der Waals surface area contributed by atoms with Crippen LogP contribution in [0, 0.1) is 0 Å². The Morgan fingerprint density at radius 3 is 2.53 bits per heavy atom. The molecule has 0 aliphatic rings. The number of fused-ring (bicyclic) bond motifs is 1. The fraction of sp³-hybridized carbons (Fsp3) is 0.0909. The molecule has 1 atom stereocenters. The summed E-state index contributed by atoms with van der Waals surface area (Å²) < 4.78 is 28.6. The molecular weight excluding hydrogens is 402 g/mol. The molecule has 4 aromatic rings. The van der Waals surface area contributed by atoms with Gasteiger partial charge in [-0.1, -0.05) is 47.6 Å². The first kappa shape index (κ1) is 19.8. The van der Waals surface area contributed by atoms with Crippen LogP contribution in [0.25, 0.3) is 22.2 Å². The van der Waals surface area contributed by atoms with Crippen molar-refractivity contribution in [2.75, 3.05) is 0 Å². The molecule has 3 aromatic carbocycles. The van der Waals surface area contributed by atoms with Gasteiger partial charge in [0, 0.05) is 11.1 Å². The van der Waals surface area contributed by atoms with Gasteiger partial charge >= 0.3 is 0 Å². The predicted molar refractivity (Wildman–Crippen MR) is 113 cm³/mol. The number of benzene rings is 3. The standard InChI is InChI=1S/C22H19N3O4S/c1-14(16-8-5-9-18(12-16)30(23,27)28)24-22(26)17-10-11-20-19(13-17)21(29-25-20)15-6-3-2-4-7-15/h2-14H,1H3,(H,24,26)(H2,23,27,28). The zero-order valence-electron chi connectivity index (χ0n) is 16.1. The number of amides is 1. The predicted octanol–water partition coefficient (Wildman–Crippen LogP) is 3.63. The van der Waals surface area contributed by atoms with Gasteiger partial charge in [-0.05, 0) is 42.8 Å². The van der Waals surface area contributed by atoms with E-state index in [1.165, 1.54) is 12.1 Å². The van der Waals surface area contributed by atoms with E-state index in [9.17, 15) is 13.2 Å². The van der Waals surface area contributed by atoms with Crippen molar-refractivity contribution < 1.29 is 17.7 Å². The zero-order chi connectivity index (χ0) is 21.3. The third-order valence-electron chi connectivity index (χ3n) is 4.81. The van der Waals surface area contributed by atoms with E-state index in [1.807, 2.05) is 30.3 Å². The highest BCUT2D eigenvalue weighted by Crippen LogP contribution is 2.29. The van der Waals surface area contributed by atoms with Crippen LogP contribution in [0.5, 0.6) is 0 Å². The Balaban J connectivity index is 1.61. The van der Waals surface area contributed by atoms with Crippen molar-refractivity contribution in [2.45, 2.75) is 17.9 Å². The lowest BCUT2D eigenvalue weighted by Crippen LogP contribution is -2.26. The summed E-state index contributed by atoms with van der Waals surface area (Å²) >= 11 is 0. The van der Waals surface area contributed by atoms with Gasteiger partial charge in [0.15, 0.2) is 5.76 Å². The van der Waals surface area contributed by atoms with Crippen LogP contribution in [0.15, 0.2) is 82.2 Å². The molecule has 0 radical (unpaired) electrons. The van der Waals surface area contributed by atoms with Crippen molar-refractivity contribution in [3.05, 3.63) is 83.9 Å². The van der Waals surface area contributed by atoms with E-state index in [0.29, 0.717) is 22.4 Å². The van der Waals surface area contributed by atoms with Crippen LogP contribution >= 0.6 is 0 Å². The lowest BCUT2D eigenvalue weighted by atomic mass is 10.0. The number of hydrogen-bond donors (Lipinski definition) is 2. The second kappa shape index (κ2) is 7.74. The molecule has 4 rings (SSSR count). The molecule has 0 fully saturated rings. The van der Waals surface area contributed by atoms with Gasteiger partial charge in [0.1, 0.15) is 5.52 Å². The number of nitrogens with one attached hydrogen (secondary N) is 1. The number of nitrogens with zero attached hydrogens (tertiary/aromatic N) is 1. The topological polar surface area (TPSA) is 115 Å². The Morgan fingerprint density at radius 1 is 1.03 bits per heavy atom. The van der Waals surface area contributed by atoms with Gasteiger partial charge in [0.25, 0.3) is 5.91 Å².